The Balaban J connectivity index is 2.14. The van der Waals surface area contributed by atoms with Gasteiger partial charge in [0.05, 0.1) is 30.5 Å². The molecule has 0 amide bonds. The maximum atomic E-state index is 6.04. The van der Waals surface area contributed by atoms with Crippen molar-refractivity contribution in [2.45, 2.75) is 6.92 Å². The van der Waals surface area contributed by atoms with Crippen molar-refractivity contribution in [2.24, 2.45) is 0 Å². The van der Waals surface area contributed by atoms with Crippen molar-refractivity contribution in [3.63, 3.8) is 0 Å². The summed E-state index contributed by atoms with van der Waals surface area (Å²) in [6, 6.07) is 9.62. The van der Waals surface area contributed by atoms with Gasteiger partial charge < -0.3 is 10.5 Å². The number of rotatable bonds is 4. The Bertz CT molecular complexity index is 751. The van der Waals surface area contributed by atoms with E-state index in [1.165, 1.54) is 0 Å². The number of nitrogens with two attached hydrogens (primary N) is 1. The number of nitrogens with zero attached hydrogens (tertiary/aromatic N) is 3. The van der Waals surface area contributed by atoms with Crippen LogP contribution in [0.15, 0.2) is 55.2 Å². The molecule has 0 atom stereocenters. The predicted octanol–water partition coefficient (Wildman–Crippen LogP) is 2.92. The Morgan fingerprint density at radius 1 is 1.14 bits per heavy atom. The molecule has 3 rings (SSSR count). The molecule has 5 heteroatoms. The Kier molecular flexibility index (Phi) is 3.55. The number of anilines is 1. The Morgan fingerprint density at radius 2 is 2.00 bits per heavy atom. The van der Waals surface area contributed by atoms with Crippen LogP contribution in [0, 0.1) is 0 Å². The normalized spacial score (nSPS) is 10.5. The van der Waals surface area contributed by atoms with Gasteiger partial charge in [-0.2, -0.15) is 0 Å². The maximum absolute atomic E-state index is 6.04. The van der Waals surface area contributed by atoms with Crippen molar-refractivity contribution in [2.75, 3.05) is 12.3 Å². The zero-order valence-electron chi connectivity index (χ0n) is 11.7. The first kappa shape index (κ1) is 13.2. The maximum Gasteiger partial charge on any atom is 0.143 e. The van der Waals surface area contributed by atoms with Crippen LogP contribution in [0.3, 0.4) is 0 Å². The van der Waals surface area contributed by atoms with Gasteiger partial charge in [-0.05, 0) is 25.1 Å². The summed E-state index contributed by atoms with van der Waals surface area (Å²) in [6.45, 7) is 2.57. The Hall–Kier alpha value is -2.82. The predicted molar refractivity (Wildman–Crippen MR) is 82.4 cm³/mol. The lowest BCUT2D eigenvalue weighted by atomic mass is 10.1. The summed E-state index contributed by atoms with van der Waals surface area (Å²) < 4.78 is 7.64. The van der Waals surface area contributed by atoms with Gasteiger partial charge in [-0.15, -0.1) is 0 Å². The van der Waals surface area contributed by atoms with E-state index in [9.17, 15) is 0 Å². The van der Waals surface area contributed by atoms with Gasteiger partial charge in [0.1, 0.15) is 5.75 Å². The summed E-state index contributed by atoms with van der Waals surface area (Å²) in [5, 5.41) is 0. The molecular weight excluding hydrogens is 264 g/mol. The van der Waals surface area contributed by atoms with E-state index in [4.69, 9.17) is 10.5 Å². The highest BCUT2D eigenvalue weighted by Gasteiger charge is 2.13. The van der Waals surface area contributed by atoms with E-state index in [0.29, 0.717) is 12.3 Å². The summed E-state index contributed by atoms with van der Waals surface area (Å²) in [6.07, 6.45) is 6.94. The number of benzene rings is 1. The highest BCUT2D eigenvalue weighted by Crippen LogP contribution is 2.30. The van der Waals surface area contributed by atoms with Crippen molar-refractivity contribution in [3.8, 4) is 22.7 Å². The Labute approximate surface area is 123 Å². The SMILES string of the molecule is CCOc1ccccc1-n1cncc1-c1cnccc1N. The van der Waals surface area contributed by atoms with Gasteiger partial charge in [-0.3, -0.25) is 9.55 Å². The molecule has 0 aliphatic rings. The first-order chi connectivity index (χ1) is 10.3. The molecule has 0 aliphatic heterocycles. The second-order valence-electron chi connectivity index (χ2n) is 4.51. The average Bonchev–Trinajstić information content (AvgIpc) is 2.98. The fraction of sp³-hybridized carbons (Fsp3) is 0.125. The molecule has 0 bridgehead atoms. The molecule has 3 aromatic rings. The van der Waals surface area contributed by atoms with Gasteiger partial charge in [0.15, 0.2) is 0 Å². The first-order valence-electron chi connectivity index (χ1n) is 6.75. The molecule has 0 unspecified atom stereocenters. The number of ether oxygens (including phenoxy) is 1. The lowest BCUT2D eigenvalue weighted by Gasteiger charge is -2.14. The number of aromatic nitrogens is 3. The number of hydrogen-bond acceptors (Lipinski definition) is 4. The van der Waals surface area contributed by atoms with E-state index in [2.05, 4.69) is 9.97 Å². The standard InChI is InChI=1S/C16H16N4O/c1-2-21-16-6-4-3-5-14(16)20-11-19-10-15(20)12-9-18-8-7-13(12)17/h3-11H,2H2,1H3,(H2,17,18). The molecule has 2 aromatic heterocycles. The lowest BCUT2D eigenvalue weighted by Crippen LogP contribution is -2.02. The van der Waals surface area contributed by atoms with E-state index in [1.54, 1.807) is 31.0 Å². The van der Waals surface area contributed by atoms with Crippen molar-refractivity contribution in [1.29, 1.82) is 0 Å². The number of para-hydroxylation sites is 2. The summed E-state index contributed by atoms with van der Waals surface area (Å²) in [4.78, 5) is 8.38. The van der Waals surface area contributed by atoms with Crippen LogP contribution in [-0.4, -0.2) is 21.1 Å². The van der Waals surface area contributed by atoms with Crippen LogP contribution in [0.2, 0.25) is 0 Å². The van der Waals surface area contributed by atoms with E-state index in [1.807, 2.05) is 35.8 Å². The third-order valence-corrected chi connectivity index (χ3v) is 3.19. The molecule has 0 fully saturated rings. The van der Waals surface area contributed by atoms with Crippen molar-refractivity contribution in [1.82, 2.24) is 14.5 Å². The van der Waals surface area contributed by atoms with Crippen LogP contribution in [0.25, 0.3) is 16.9 Å². The second-order valence-corrected chi connectivity index (χ2v) is 4.51. The van der Waals surface area contributed by atoms with Crippen molar-refractivity contribution in [3.05, 3.63) is 55.2 Å². The summed E-state index contributed by atoms with van der Waals surface area (Å²) in [7, 11) is 0. The number of nitrogen functional groups attached to an aromatic ring is 1. The van der Waals surface area contributed by atoms with Gasteiger partial charge in [0.25, 0.3) is 0 Å². The molecule has 5 nitrogen and oxygen atoms in total. The molecule has 2 N–H and O–H groups in total. The van der Waals surface area contributed by atoms with E-state index >= 15 is 0 Å². The highest BCUT2D eigenvalue weighted by atomic mass is 16.5. The molecule has 1 aromatic carbocycles. The third kappa shape index (κ3) is 2.45. The third-order valence-electron chi connectivity index (χ3n) is 3.19. The number of pyridine rings is 1. The topological polar surface area (TPSA) is 66.0 Å². The summed E-state index contributed by atoms with van der Waals surface area (Å²) in [5.74, 6) is 0.807. The molecule has 21 heavy (non-hydrogen) atoms. The van der Waals surface area contributed by atoms with Gasteiger partial charge in [-0.25, -0.2) is 4.98 Å². The largest absolute Gasteiger partial charge is 0.492 e. The van der Waals surface area contributed by atoms with E-state index in [0.717, 1.165) is 22.7 Å². The molecule has 0 saturated heterocycles. The van der Waals surface area contributed by atoms with Crippen LogP contribution in [-0.2, 0) is 0 Å². The minimum atomic E-state index is 0.607. The average molecular weight is 280 g/mol. The van der Waals surface area contributed by atoms with Gasteiger partial charge in [-0.1, -0.05) is 12.1 Å². The minimum Gasteiger partial charge on any atom is -0.492 e. The van der Waals surface area contributed by atoms with Crippen LogP contribution in [0.4, 0.5) is 5.69 Å². The van der Waals surface area contributed by atoms with Crippen LogP contribution in [0.1, 0.15) is 6.92 Å². The van der Waals surface area contributed by atoms with Gasteiger partial charge >= 0.3 is 0 Å². The minimum absolute atomic E-state index is 0.607. The molecule has 2 heterocycles. The molecule has 0 aliphatic carbocycles. The van der Waals surface area contributed by atoms with Crippen LogP contribution in [0.5, 0.6) is 5.75 Å². The highest BCUT2D eigenvalue weighted by molar-refractivity contribution is 5.74. The van der Waals surface area contributed by atoms with Gasteiger partial charge in [0.2, 0.25) is 0 Å². The number of hydrogen-bond donors (Lipinski definition) is 1. The molecule has 106 valence electrons. The molecule has 0 saturated carbocycles. The zero-order valence-corrected chi connectivity index (χ0v) is 11.7. The van der Waals surface area contributed by atoms with Crippen molar-refractivity contribution >= 4 is 5.69 Å². The summed E-state index contributed by atoms with van der Waals surface area (Å²) in [5.41, 5.74) is 9.37. The van der Waals surface area contributed by atoms with Crippen LogP contribution < -0.4 is 10.5 Å². The lowest BCUT2D eigenvalue weighted by molar-refractivity contribution is 0.339. The van der Waals surface area contributed by atoms with E-state index in [-0.39, 0.29) is 0 Å². The fourth-order valence-electron chi connectivity index (χ4n) is 2.24. The second kappa shape index (κ2) is 5.66. The first-order valence-corrected chi connectivity index (χ1v) is 6.75. The molecular formula is C16H16N4O. The molecule has 0 radical (unpaired) electrons. The van der Waals surface area contributed by atoms with Crippen LogP contribution >= 0.6 is 0 Å². The van der Waals surface area contributed by atoms with Gasteiger partial charge in [0, 0.05) is 23.6 Å². The van der Waals surface area contributed by atoms with E-state index < -0.39 is 0 Å². The zero-order chi connectivity index (χ0) is 14.7. The molecule has 0 spiro atoms. The monoisotopic (exact) mass is 280 g/mol. The fourth-order valence-corrected chi connectivity index (χ4v) is 2.24. The van der Waals surface area contributed by atoms with Crippen molar-refractivity contribution < 1.29 is 4.74 Å². The quantitative estimate of drug-likeness (QED) is 0.798. The number of imidazole rings is 1. The summed E-state index contributed by atoms with van der Waals surface area (Å²) >= 11 is 0. The Morgan fingerprint density at radius 3 is 2.81 bits per heavy atom. The smallest absolute Gasteiger partial charge is 0.143 e.